The highest BCUT2D eigenvalue weighted by Crippen LogP contribution is 2.44. The van der Waals surface area contributed by atoms with Gasteiger partial charge in [0.25, 0.3) is 0 Å². The number of carboxylic acids is 1. The highest BCUT2D eigenvalue weighted by molar-refractivity contribution is 7.99. The van der Waals surface area contributed by atoms with Crippen molar-refractivity contribution in [1.82, 2.24) is 10.3 Å². The van der Waals surface area contributed by atoms with E-state index < -0.39 is 11.5 Å². The van der Waals surface area contributed by atoms with E-state index in [2.05, 4.69) is 10.3 Å². The van der Waals surface area contributed by atoms with Crippen LogP contribution in [-0.4, -0.2) is 33.4 Å². The average molecular weight is 306 g/mol. The monoisotopic (exact) mass is 306 g/mol. The lowest BCUT2D eigenvalue weighted by Crippen LogP contribution is -2.57. The Hall–Kier alpha value is -1.07. The number of thioether (sulfide) groups is 1. The molecule has 1 aromatic heterocycles. The van der Waals surface area contributed by atoms with Crippen LogP contribution >= 0.6 is 11.8 Å². The summed E-state index contributed by atoms with van der Waals surface area (Å²) in [5.41, 5.74) is 1.39. The molecular weight excluding hydrogens is 284 g/mol. The predicted octanol–water partition coefficient (Wildman–Crippen LogP) is 2.78. The first-order valence-corrected chi connectivity index (χ1v) is 8.57. The van der Waals surface area contributed by atoms with Gasteiger partial charge >= 0.3 is 5.97 Å². The third-order valence-electron chi connectivity index (χ3n) is 4.22. The Labute approximate surface area is 129 Å². The predicted molar refractivity (Wildman–Crippen MR) is 83.7 cm³/mol. The molecule has 0 saturated heterocycles. The molecule has 2 N–H and O–H groups in total. The second-order valence-electron chi connectivity index (χ2n) is 6.38. The van der Waals surface area contributed by atoms with Crippen molar-refractivity contribution in [2.45, 2.75) is 56.1 Å². The van der Waals surface area contributed by atoms with E-state index in [4.69, 9.17) is 0 Å². The Bertz CT molecular complexity index is 535. The fourth-order valence-electron chi connectivity index (χ4n) is 2.81. The number of hydrogen-bond acceptors (Lipinski definition) is 4. The standard InChI is InChI=1S/C16H22N2O2S/c1-10-7-11(2)17-14(8-10)21-9-16(15(19)20,12-3-4-12)18-13-5-6-13/h7-8,12-13,18H,3-6,9H2,1-2H3,(H,19,20). The van der Waals surface area contributed by atoms with Crippen molar-refractivity contribution in [3.8, 4) is 0 Å². The number of aryl methyl sites for hydroxylation is 2. The highest BCUT2D eigenvalue weighted by Gasteiger charge is 2.53. The number of carboxylic acid groups (broad SMARTS) is 1. The fraction of sp³-hybridized carbons (Fsp3) is 0.625. The van der Waals surface area contributed by atoms with Gasteiger partial charge in [-0.05, 0) is 63.1 Å². The minimum Gasteiger partial charge on any atom is -0.480 e. The largest absolute Gasteiger partial charge is 0.480 e. The zero-order chi connectivity index (χ0) is 15.0. The number of aliphatic carboxylic acids is 1. The van der Waals surface area contributed by atoms with Gasteiger partial charge in [-0.15, -0.1) is 11.8 Å². The van der Waals surface area contributed by atoms with Gasteiger partial charge in [0.2, 0.25) is 0 Å². The molecule has 0 bridgehead atoms. The van der Waals surface area contributed by atoms with Crippen molar-refractivity contribution < 1.29 is 9.90 Å². The Kier molecular flexibility index (Phi) is 3.97. The topological polar surface area (TPSA) is 62.2 Å². The molecule has 0 radical (unpaired) electrons. The Morgan fingerprint density at radius 2 is 2.10 bits per heavy atom. The van der Waals surface area contributed by atoms with E-state index >= 15 is 0 Å². The minimum absolute atomic E-state index is 0.272. The summed E-state index contributed by atoms with van der Waals surface area (Å²) in [7, 11) is 0. The summed E-state index contributed by atoms with van der Waals surface area (Å²) in [6, 6.07) is 4.47. The van der Waals surface area contributed by atoms with Crippen LogP contribution in [0.15, 0.2) is 17.2 Å². The summed E-state index contributed by atoms with van der Waals surface area (Å²) in [5, 5.41) is 14.1. The Morgan fingerprint density at radius 3 is 2.62 bits per heavy atom. The van der Waals surface area contributed by atoms with Crippen LogP contribution in [0, 0.1) is 19.8 Å². The third kappa shape index (κ3) is 3.40. The highest BCUT2D eigenvalue weighted by atomic mass is 32.2. The molecule has 4 nitrogen and oxygen atoms in total. The Morgan fingerprint density at radius 1 is 1.38 bits per heavy atom. The number of rotatable bonds is 7. The van der Waals surface area contributed by atoms with Crippen molar-refractivity contribution >= 4 is 17.7 Å². The van der Waals surface area contributed by atoms with E-state index in [1.165, 1.54) is 5.56 Å². The maximum atomic E-state index is 11.9. The molecule has 0 aliphatic heterocycles. The summed E-state index contributed by atoms with van der Waals surface area (Å²) >= 11 is 1.57. The van der Waals surface area contributed by atoms with Crippen LogP contribution in [0.4, 0.5) is 0 Å². The van der Waals surface area contributed by atoms with E-state index in [1.54, 1.807) is 11.8 Å². The van der Waals surface area contributed by atoms with E-state index in [0.29, 0.717) is 11.8 Å². The number of pyridine rings is 1. The molecule has 1 heterocycles. The molecule has 3 rings (SSSR count). The number of hydrogen-bond donors (Lipinski definition) is 2. The molecule has 1 unspecified atom stereocenters. The third-order valence-corrected chi connectivity index (χ3v) is 5.32. The van der Waals surface area contributed by atoms with Gasteiger partial charge in [-0.3, -0.25) is 10.1 Å². The first-order chi connectivity index (χ1) is 9.99. The smallest absolute Gasteiger partial charge is 0.325 e. The zero-order valence-electron chi connectivity index (χ0n) is 12.6. The van der Waals surface area contributed by atoms with Crippen LogP contribution in [0.3, 0.4) is 0 Å². The first kappa shape index (κ1) is 14.9. The molecule has 0 amide bonds. The maximum absolute atomic E-state index is 11.9. The molecular formula is C16H22N2O2S. The van der Waals surface area contributed by atoms with Gasteiger partial charge in [0, 0.05) is 17.5 Å². The van der Waals surface area contributed by atoms with Crippen LogP contribution < -0.4 is 5.32 Å². The summed E-state index contributed by atoms with van der Waals surface area (Å²) in [6.45, 7) is 4.03. The summed E-state index contributed by atoms with van der Waals surface area (Å²) in [4.78, 5) is 16.4. The van der Waals surface area contributed by atoms with Crippen molar-refractivity contribution in [2.75, 3.05) is 5.75 Å². The molecule has 1 aromatic rings. The normalized spacial score (nSPS) is 21.0. The summed E-state index contributed by atoms with van der Waals surface area (Å²) in [6.07, 6.45) is 4.25. The lowest BCUT2D eigenvalue weighted by Gasteiger charge is -2.30. The molecule has 2 aliphatic rings. The number of carbonyl (C=O) groups is 1. The van der Waals surface area contributed by atoms with E-state index in [-0.39, 0.29) is 5.92 Å². The Balaban J connectivity index is 1.75. The summed E-state index contributed by atoms with van der Waals surface area (Å²) in [5.74, 6) is 0.127. The van der Waals surface area contributed by atoms with E-state index in [9.17, 15) is 9.90 Å². The fourth-order valence-corrected chi connectivity index (χ4v) is 4.11. The van der Waals surface area contributed by atoms with Gasteiger partial charge in [0.05, 0.1) is 5.03 Å². The van der Waals surface area contributed by atoms with Crippen molar-refractivity contribution in [2.24, 2.45) is 5.92 Å². The molecule has 1 atom stereocenters. The van der Waals surface area contributed by atoms with Crippen LogP contribution in [0.5, 0.6) is 0 Å². The summed E-state index contributed by atoms with van der Waals surface area (Å²) < 4.78 is 0. The van der Waals surface area contributed by atoms with E-state index in [1.807, 2.05) is 26.0 Å². The molecule has 0 aromatic carbocycles. The molecule has 2 fully saturated rings. The van der Waals surface area contributed by atoms with Gasteiger partial charge in [0.1, 0.15) is 5.54 Å². The van der Waals surface area contributed by atoms with Crippen LogP contribution in [0.1, 0.15) is 36.9 Å². The number of nitrogens with zero attached hydrogens (tertiary/aromatic N) is 1. The second-order valence-corrected chi connectivity index (χ2v) is 7.38. The number of nitrogens with one attached hydrogen (secondary N) is 1. The molecule has 2 aliphatic carbocycles. The van der Waals surface area contributed by atoms with Crippen molar-refractivity contribution in [1.29, 1.82) is 0 Å². The lowest BCUT2D eigenvalue weighted by atomic mass is 9.95. The second kappa shape index (κ2) is 5.61. The quantitative estimate of drug-likeness (QED) is 0.759. The van der Waals surface area contributed by atoms with Gasteiger partial charge in [-0.25, -0.2) is 4.98 Å². The number of aromatic nitrogens is 1. The van der Waals surface area contributed by atoms with Crippen molar-refractivity contribution in [3.05, 3.63) is 23.4 Å². The minimum atomic E-state index is -0.773. The van der Waals surface area contributed by atoms with Crippen LogP contribution in [0.2, 0.25) is 0 Å². The molecule has 0 spiro atoms. The van der Waals surface area contributed by atoms with Gasteiger partial charge in [0.15, 0.2) is 0 Å². The van der Waals surface area contributed by atoms with E-state index in [0.717, 1.165) is 36.4 Å². The molecule has 2 saturated carbocycles. The first-order valence-electron chi connectivity index (χ1n) is 7.59. The van der Waals surface area contributed by atoms with Gasteiger partial charge in [-0.1, -0.05) is 0 Å². The lowest BCUT2D eigenvalue weighted by molar-refractivity contribution is -0.145. The molecule has 5 heteroatoms. The van der Waals surface area contributed by atoms with Crippen LogP contribution in [-0.2, 0) is 4.79 Å². The van der Waals surface area contributed by atoms with Crippen molar-refractivity contribution in [3.63, 3.8) is 0 Å². The zero-order valence-corrected chi connectivity index (χ0v) is 13.4. The van der Waals surface area contributed by atoms with Crippen LogP contribution in [0.25, 0.3) is 0 Å². The van der Waals surface area contributed by atoms with Gasteiger partial charge < -0.3 is 5.11 Å². The molecule has 21 heavy (non-hydrogen) atoms. The maximum Gasteiger partial charge on any atom is 0.325 e. The average Bonchev–Trinajstić information content (AvgIpc) is 3.24. The SMILES string of the molecule is Cc1cc(C)nc(SCC(NC2CC2)(C(=O)O)C2CC2)c1. The van der Waals surface area contributed by atoms with Gasteiger partial charge in [-0.2, -0.15) is 0 Å². The molecule has 114 valence electrons.